The molecule has 0 spiro atoms. The SMILES string of the molecule is COC(=O)N(Cc1ccc(C)cc1C)NC(=O)c1cc(C)nnc1Oc1csc(C(F)(F)F)c1. The molecule has 0 aliphatic carbocycles. The third-order valence-electron chi connectivity index (χ3n) is 4.65. The summed E-state index contributed by atoms with van der Waals surface area (Å²) in [6.45, 7) is 5.39. The van der Waals surface area contributed by atoms with Gasteiger partial charge in [0, 0.05) is 11.4 Å². The van der Waals surface area contributed by atoms with E-state index in [9.17, 15) is 22.8 Å². The third-order valence-corrected chi connectivity index (χ3v) is 5.61. The van der Waals surface area contributed by atoms with Crippen LogP contribution in [0.3, 0.4) is 0 Å². The van der Waals surface area contributed by atoms with Crippen molar-refractivity contribution in [2.45, 2.75) is 33.5 Å². The fourth-order valence-electron chi connectivity index (χ4n) is 2.98. The molecule has 2 aromatic heterocycles. The number of hydrogen-bond donors (Lipinski definition) is 1. The van der Waals surface area contributed by atoms with E-state index in [1.807, 2.05) is 32.0 Å². The lowest BCUT2D eigenvalue weighted by Crippen LogP contribution is -2.45. The number of hydrazine groups is 1. The van der Waals surface area contributed by atoms with Crippen LogP contribution in [-0.4, -0.2) is 34.3 Å². The summed E-state index contributed by atoms with van der Waals surface area (Å²) in [6.07, 6.45) is -5.34. The molecule has 34 heavy (non-hydrogen) atoms. The average Bonchev–Trinajstić information content (AvgIpc) is 3.24. The Balaban J connectivity index is 1.86. The number of benzene rings is 1. The Morgan fingerprint density at radius 3 is 2.47 bits per heavy atom. The fourth-order valence-corrected chi connectivity index (χ4v) is 3.66. The van der Waals surface area contributed by atoms with Crippen molar-refractivity contribution < 1.29 is 32.2 Å². The molecule has 2 heterocycles. The maximum absolute atomic E-state index is 13.0. The molecule has 12 heteroatoms. The first-order valence-corrected chi connectivity index (χ1v) is 10.8. The molecule has 180 valence electrons. The van der Waals surface area contributed by atoms with Crippen LogP contribution < -0.4 is 10.2 Å². The first-order valence-electron chi connectivity index (χ1n) is 9.88. The molecule has 2 amide bonds. The number of hydrogen-bond acceptors (Lipinski definition) is 7. The standard InChI is InChI=1S/C22H21F3N4O4S/c1-12-5-6-15(13(2)7-12)10-29(21(31)32-4)28-19(30)17-8-14(3)26-27-20(17)33-16-9-18(34-11-16)22(23,24)25/h5-9,11H,10H2,1-4H3,(H,28,30). The summed E-state index contributed by atoms with van der Waals surface area (Å²) in [5.41, 5.74) is 5.41. The molecule has 3 rings (SSSR count). The van der Waals surface area contributed by atoms with E-state index in [1.54, 1.807) is 6.92 Å². The number of carbonyl (C=O) groups excluding carboxylic acids is 2. The van der Waals surface area contributed by atoms with Crippen molar-refractivity contribution in [1.82, 2.24) is 20.6 Å². The number of carbonyl (C=O) groups is 2. The predicted octanol–water partition coefficient (Wildman–Crippen LogP) is 5.19. The molecular weight excluding hydrogens is 473 g/mol. The van der Waals surface area contributed by atoms with Crippen molar-refractivity contribution in [2.24, 2.45) is 0 Å². The largest absolute Gasteiger partial charge is 0.452 e. The Labute approximate surface area is 197 Å². The van der Waals surface area contributed by atoms with Crippen LogP contribution in [-0.2, 0) is 17.5 Å². The van der Waals surface area contributed by atoms with Gasteiger partial charge < -0.3 is 9.47 Å². The summed E-state index contributed by atoms with van der Waals surface area (Å²) in [6, 6.07) is 7.78. The number of nitrogens with zero attached hydrogens (tertiary/aromatic N) is 3. The minimum Gasteiger partial charge on any atom is -0.452 e. The lowest BCUT2D eigenvalue weighted by molar-refractivity contribution is -0.134. The summed E-state index contributed by atoms with van der Waals surface area (Å²) in [4.78, 5) is 24.5. The van der Waals surface area contributed by atoms with E-state index < -0.39 is 23.1 Å². The van der Waals surface area contributed by atoms with Gasteiger partial charge in [0.15, 0.2) is 0 Å². The Hall–Kier alpha value is -3.67. The van der Waals surface area contributed by atoms with Gasteiger partial charge in [0.05, 0.1) is 19.3 Å². The fraction of sp³-hybridized carbons (Fsp3) is 0.273. The summed E-state index contributed by atoms with van der Waals surface area (Å²) in [5, 5.41) is 9.74. The quantitative estimate of drug-likeness (QED) is 0.491. The van der Waals surface area contributed by atoms with Gasteiger partial charge in [0.1, 0.15) is 16.2 Å². The second kappa shape index (κ2) is 10.1. The number of ether oxygens (including phenoxy) is 2. The molecule has 0 fully saturated rings. The maximum atomic E-state index is 13.0. The molecule has 0 aliphatic heterocycles. The van der Waals surface area contributed by atoms with Crippen molar-refractivity contribution in [2.75, 3.05) is 7.11 Å². The van der Waals surface area contributed by atoms with E-state index in [2.05, 4.69) is 15.6 Å². The molecule has 0 atom stereocenters. The summed E-state index contributed by atoms with van der Waals surface area (Å²) in [5.74, 6) is -1.25. The Bertz CT molecular complexity index is 1210. The summed E-state index contributed by atoms with van der Waals surface area (Å²) in [7, 11) is 1.17. The molecule has 0 unspecified atom stereocenters. The van der Waals surface area contributed by atoms with Crippen molar-refractivity contribution in [3.05, 3.63) is 68.5 Å². The Morgan fingerprint density at radius 2 is 1.85 bits per heavy atom. The van der Waals surface area contributed by atoms with Crippen LogP contribution in [0, 0.1) is 20.8 Å². The van der Waals surface area contributed by atoms with Crippen molar-refractivity contribution in [3.8, 4) is 11.6 Å². The predicted molar refractivity (Wildman–Crippen MR) is 117 cm³/mol. The molecule has 0 saturated carbocycles. The number of methoxy groups -OCH3 is 1. The highest BCUT2D eigenvalue weighted by molar-refractivity contribution is 7.10. The molecule has 1 N–H and O–H groups in total. The normalized spacial score (nSPS) is 11.1. The van der Waals surface area contributed by atoms with Crippen LogP contribution in [0.15, 0.2) is 35.7 Å². The van der Waals surface area contributed by atoms with E-state index in [0.29, 0.717) is 17.0 Å². The van der Waals surface area contributed by atoms with Gasteiger partial charge in [-0.05, 0) is 38.0 Å². The van der Waals surface area contributed by atoms with Gasteiger partial charge in [-0.1, -0.05) is 23.8 Å². The zero-order valence-electron chi connectivity index (χ0n) is 18.7. The number of alkyl halides is 3. The van der Waals surface area contributed by atoms with Gasteiger partial charge in [0.25, 0.3) is 11.8 Å². The van der Waals surface area contributed by atoms with Crippen molar-refractivity contribution in [3.63, 3.8) is 0 Å². The topological polar surface area (TPSA) is 93.7 Å². The second-order valence-corrected chi connectivity index (χ2v) is 8.29. The molecular formula is C22H21F3N4O4S. The lowest BCUT2D eigenvalue weighted by Gasteiger charge is -2.23. The molecule has 0 radical (unpaired) electrons. The highest BCUT2D eigenvalue weighted by Gasteiger charge is 2.33. The van der Waals surface area contributed by atoms with Crippen LogP contribution in [0.1, 0.15) is 37.6 Å². The zero-order valence-corrected chi connectivity index (χ0v) is 19.5. The van der Waals surface area contributed by atoms with Gasteiger partial charge in [-0.25, -0.2) is 9.80 Å². The molecule has 1 aromatic carbocycles. The minimum atomic E-state index is -4.53. The van der Waals surface area contributed by atoms with Crippen molar-refractivity contribution >= 4 is 23.3 Å². The highest BCUT2D eigenvalue weighted by atomic mass is 32.1. The van der Waals surface area contributed by atoms with Crippen LogP contribution >= 0.6 is 11.3 Å². The summed E-state index contributed by atoms with van der Waals surface area (Å²) >= 11 is 0.446. The second-order valence-electron chi connectivity index (χ2n) is 7.38. The van der Waals surface area contributed by atoms with Crippen LogP contribution in [0.25, 0.3) is 0 Å². The molecule has 0 saturated heterocycles. The van der Waals surface area contributed by atoms with Crippen LogP contribution in [0.5, 0.6) is 11.6 Å². The number of rotatable bonds is 5. The van der Waals surface area contributed by atoms with Gasteiger partial charge in [0.2, 0.25) is 0 Å². The van der Waals surface area contributed by atoms with Gasteiger partial charge in [-0.3, -0.25) is 10.2 Å². The monoisotopic (exact) mass is 494 g/mol. The number of aryl methyl sites for hydroxylation is 3. The van der Waals surface area contributed by atoms with E-state index in [1.165, 1.54) is 13.2 Å². The van der Waals surface area contributed by atoms with Gasteiger partial charge in [-0.2, -0.15) is 18.3 Å². The van der Waals surface area contributed by atoms with Gasteiger partial charge >= 0.3 is 12.3 Å². The lowest BCUT2D eigenvalue weighted by atomic mass is 10.1. The summed E-state index contributed by atoms with van der Waals surface area (Å²) < 4.78 is 48.9. The molecule has 8 nitrogen and oxygen atoms in total. The van der Waals surface area contributed by atoms with E-state index >= 15 is 0 Å². The Morgan fingerprint density at radius 1 is 1.12 bits per heavy atom. The maximum Gasteiger partial charge on any atom is 0.428 e. The zero-order chi connectivity index (χ0) is 25.0. The smallest absolute Gasteiger partial charge is 0.428 e. The average molecular weight is 494 g/mol. The number of amides is 2. The molecule has 3 aromatic rings. The van der Waals surface area contributed by atoms with E-state index in [4.69, 9.17) is 9.47 Å². The molecule has 0 aliphatic rings. The highest BCUT2D eigenvalue weighted by Crippen LogP contribution is 2.38. The first-order chi connectivity index (χ1) is 16.0. The van der Waals surface area contributed by atoms with Crippen LogP contribution in [0.2, 0.25) is 0 Å². The number of thiophene rings is 1. The van der Waals surface area contributed by atoms with Gasteiger partial charge in [-0.15, -0.1) is 16.4 Å². The third kappa shape index (κ3) is 6.01. The van der Waals surface area contributed by atoms with Crippen molar-refractivity contribution in [1.29, 1.82) is 0 Å². The molecule has 0 bridgehead atoms. The Kier molecular flexibility index (Phi) is 7.40. The minimum absolute atomic E-state index is 0.0116. The number of aromatic nitrogens is 2. The van der Waals surface area contributed by atoms with Crippen LogP contribution in [0.4, 0.5) is 18.0 Å². The first kappa shape index (κ1) is 25.0. The number of nitrogens with one attached hydrogen (secondary N) is 1. The van der Waals surface area contributed by atoms with E-state index in [-0.39, 0.29) is 23.7 Å². The van der Waals surface area contributed by atoms with E-state index in [0.717, 1.165) is 33.1 Å². The number of halogens is 3.